The molecule has 0 fully saturated rings. The Morgan fingerprint density at radius 2 is 1.50 bits per heavy atom. The molecule has 0 atom stereocenters. The largest absolute Gasteiger partial charge is 0.432 e. The molecule has 0 aliphatic heterocycles. The summed E-state index contributed by atoms with van der Waals surface area (Å²) in [4.78, 5) is 0. The molecule has 0 aromatic carbocycles. The van der Waals surface area contributed by atoms with Gasteiger partial charge in [-0.3, -0.25) is 0 Å². The second kappa shape index (κ2) is 5.04. The lowest BCUT2D eigenvalue weighted by molar-refractivity contribution is 0.448. The molecule has 0 radical (unpaired) electrons. The van der Waals surface area contributed by atoms with E-state index in [1.54, 1.807) is 0 Å². The number of nitrogens with two attached hydrogens (primary N) is 1. The zero-order valence-electron chi connectivity index (χ0n) is 4.40. The molecule has 8 heavy (non-hydrogen) atoms. The van der Waals surface area contributed by atoms with Gasteiger partial charge in [0.1, 0.15) is 0 Å². The zero-order chi connectivity index (χ0) is 7.21. The van der Waals surface area contributed by atoms with E-state index < -0.39 is 17.7 Å². The first-order valence-electron chi connectivity index (χ1n) is 1.61. The van der Waals surface area contributed by atoms with Gasteiger partial charge in [-0.05, 0) is 0 Å². The van der Waals surface area contributed by atoms with Crippen molar-refractivity contribution in [2.75, 3.05) is 6.26 Å². The first-order valence-corrected chi connectivity index (χ1v) is 3.56. The molecular weight excluding hydrogens is 133 g/mol. The van der Waals surface area contributed by atoms with Gasteiger partial charge in [0.2, 0.25) is 10.0 Å². The molecule has 0 unspecified atom stereocenters. The van der Waals surface area contributed by atoms with Gasteiger partial charge in [0.05, 0.1) is 6.26 Å². The Bertz CT molecular complexity index is 110. The number of hydrogen-bond donors (Lipinski definition) is 3. The van der Waals surface area contributed by atoms with Crippen LogP contribution in [0.5, 0.6) is 0 Å². The number of hydrogen-bond acceptors (Lipinski definition) is 4. The highest BCUT2D eigenvalue weighted by Gasteiger charge is 1.78. The van der Waals surface area contributed by atoms with Crippen molar-refractivity contribution >= 4 is 17.7 Å². The predicted molar refractivity (Wildman–Crippen MR) is 30.6 cm³/mol. The SMILES string of the molecule is CS(N)(=O)=O.OBO. The van der Waals surface area contributed by atoms with E-state index in [1.165, 1.54) is 0 Å². The van der Waals surface area contributed by atoms with E-state index in [9.17, 15) is 8.42 Å². The van der Waals surface area contributed by atoms with Crippen LogP contribution in [0.4, 0.5) is 0 Å². The molecule has 0 aromatic rings. The minimum Gasteiger partial charge on any atom is -0.430 e. The van der Waals surface area contributed by atoms with E-state index in [0.29, 0.717) is 0 Å². The lowest BCUT2D eigenvalue weighted by Gasteiger charge is -1.71. The highest BCUT2D eigenvalue weighted by molar-refractivity contribution is 7.88. The van der Waals surface area contributed by atoms with Gasteiger partial charge in [0.15, 0.2) is 0 Å². The van der Waals surface area contributed by atoms with Gasteiger partial charge in [-0.15, -0.1) is 0 Å². The quantitative estimate of drug-likeness (QED) is 0.316. The van der Waals surface area contributed by atoms with Crippen LogP contribution in [0.15, 0.2) is 0 Å². The summed E-state index contributed by atoms with van der Waals surface area (Å²) < 4.78 is 18.8. The van der Waals surface area contributed by atoms with Crippen LogP contribution in [-0.4, -0.2) is 32.4 Å². The average Bonchev–Trinajstić information content (AvgIpc) is 1.27. The van der Waals surface area contributed by atoms with Crippen LogP contribution in [-0.2, 0) is 10.0 Å². The maximum Gasteiger partial charge on any atom is 0.432 e. The molecule has 7 heteroatoms. The molecule has 50 valence electrons. The summed E-state index contributed by atoms with van der Waals surface area (Å²) in [5, 5.41) is 18.6. The molecule has 5 nitrogen and oxygen atoms in total. The van der Waals surface area contributed by atoms with Gasteiger partial charge < -0.3 is 10.0 Å². The van der Waals surface area contributed by atoms with Gasteiger partial charge in [0, 0.05) is 0 Å². The Balaban J connectivity index is 0. The van der Waals surface area contributed by atoms with E-state index in [4.69, 9.17) is 10.0 Å². The third kappa shape index (κ3) is 12800. The van der Waals surface area contributed by atoms with Crippen molar-refractivity contribution in [1.82, 2.24) is 0 Å². The molecule has 0 spiro atoms. The van der Waals surface area contributed by atoms with Crippen molar-refractivity contribution in [3.8, 4) is 0 Å². The summed E-state index contributed by atoms with van der Waals surface area (Å²) in [6, 6.07) is 0. The topological polar surface area (TPSA) is 101 Å². The third-order valence-corrected chi connectivity index (χ3v) is 0. The highest BCUT2D eigenvalue weighted by atomic mass is 32.2. The first-order chi connectivity index (χ1) is 3.41. The molecular formula is CH8BNO4S. The van der Waals surface area contributed by atoms with Crippen LogP contribution in [0.2, 0.25) is 0 Å². The minimum absolute atomic E-state index is 0.750. The van der Waals surface area contributed by atoms with E-state index in [1.807, 2.05) is 0 Å². The van der Waals surface area contributed by atoms with E-state index in [0.717, 1.165) is 6.26 Å². The smallest absolute Gasteiger partial charge is 0.430 e. The van der Waals surface area contributed by atoms with Gasteiger partial charge >= 0.3 is 7.69 Å². The minimum atomic E-state index is -3.17. The van der Waals surface area contributed by atoms with Crippen molar-refractivity contribution in [1.29, 1.82) is 0 Å². The summed E-state index contributed by atoms with van der Waals surface area (Å²) in [6.45, 7) is 0. The predicted octanol–water partition coefficient (Wildman–Crippen LogP) is -2.86. The Morgan fingerprint density at radius 1 is 1.50 bits per heavy atom. The molecule has 0 aliphatic carbocycles. The monoisotopic (exact) mass is 141 g/mol. The second-order valence-corrected chi connectivity index (χ2v) is 2.63. The van der Waals surface area contributed by atoms with E-state index in [2.05, 4.69) is 5.14 Å². The fraction of sp³-hybridized carbons (Fsp3) is 1.00. The molecule has 0 saturated heterocycles. The molecule has 0 rings (SSSR count). The Kier molecular flexibility index (Phi) is 6.80. The van der Waals surface area contributed by atoms with Crippen molar-refractivity contribution in [2.45, 2.75) is 0 Å². The number of rotatable bonds is 0. The Morgan fingerprint density at radius 3 is 1.50 bits per heavy atom. The summed E-state index contributed by atoms with van der Waals surface area (Å²) in [6.07, 6.45) is 0.938. The lowest BCUT2D eigenvalue weighted by atomic mass is 10.5. The molecule has 0 aromatic heterocycles. The molecule has 0 heterocycles. The standard InChI is InChI=1S/CH5NO2S.BH3O2/c1-5(2,3)4;2-1-3/h1H3,(H2,2,3,4);1-3H. The van der Waals surface area contributed by atoms with Crippen LogP contribution >= 0.6 is 0 Å². The first kappa shape index (κ1) is 10.8. The summed E-state index contributed by atoms with van der Waals surface area (Å²) >= 11 is 0. The van der Waals surface area contributed by atoms with Crippen LogP contribution in [0.25, 0.3) is 0 Å². The summed E-state index contributed by atoms with van der Waals surface area (Å²) in [7, 11) is -3.92. The van der Waals surface area contributed by atoms with Crippen molar-refractivity contribution in [3.05, 3.63) is 0 Å². The molecule has 0 saturated carbocycles. The van der Waals surface area contributed by atoms with Crippen molar-refractivity contribution in [3.63, 3.8) is 0 Å². The van der Waals surface area contributed by atoms with Crippen LogP contribution in [0.1, 0.15) is 0 Å². The average molecular weight is 141 g/mol. The van der Waals surface area contributed by atoms with Gasteiger partial charge in [-0.25, -0.2) is 13.6 Å². The van der Waals surface area contributed by atoms with Crippen LogP contribution in [0.3, 0.4) is 0 Å². The van der Waals surface area contributed by atoms with Crippen LogP contribution < -0.4 is 5.14 Å². The second-order valence-electron chi connectivity index (χ2n) is 0.971. The lowest BCUT2D eigenvalue weighted by Crippen LogP contribution is -2.07. The molecule has 0 bridgehead atoms. The normalized spacial score (nSPS) is 9.00. The zero-order valence-corrected chi connectivity index (χ0v) is 5.22. The Labute approximate surface area is 48.5 Å². The van der Waals surface area contributed by atoms with Gasteiger partial charge in [0.25, 0.3) is 0 Å². The molecule has 0 aliphatic rings. The van der Waals surface area contributed by atoms with E-state index >= 15 is 0 Å². The highest BCUT2D eigenvalue weighted by Crippen LogP contribution is 1.52. The van der Waals surface area contributed by atoms with Gasteiger partial charge in [-0.2, -0.15) is 0 Å². The molecule has 0 amide bonds. The van der Waals surface area contributed by atoms with Crippen molar-refractivity contribution in [2.24, 2.45) is 5.14 Å². The fourth-order valence-electron chi connectivity index (χ4n) is 0. The molecule has 4 N–H and O–H groups in total. The number of sulfonamides is 1. The number of primary sulfonamides is 1. The maximum absolute atomic E-state index is 9.41. The summed E-state index contributed by atoms with van der Waals surface area (Å²) in [5.41, 5.74) is 0. The third-order valence-electron chi connectivity index (χ3n) is 0. The fourth-order valence-corrected chi connectivity index (χ4v) is 0. The van der Waals surface area contributed by atoms with Gasteiger partial charge in [-0.1, -0.05) is 0 Å². The van der Waals surface area contributed by atoms with Crippen molar-refractivity contribution < 1.29 is 18.5 Å². The maximum atomic E-state index is 9.41. The van der Waals surface area contributed by atoms with Crippen LogP contribution in [0, 0.1) is 0 Å². The Hall–Kier alpha value is -0.105. The van der Waals surface area contributed by atoms with E-state index in [-0.39, 0.29) is 0 Å². The summed E-state index contributed by atoms with van der Waals surface area (Å²) in [5.74, 6) is 0.